The lowest BCUT2D eigenvalue weighted by atomic mass is 9.94. The van der Waals surface area contributed by atoms with Crippen molar-refractivity contribution in [1.29, 1.82) is 0 Å². The van der Waals surface area contributed by atoms with Crippen LogP contribution in [0.5, 0.6) is 23.0 Å². The molecule has 4 rings (SSSR count). The Bertz CT molecular complexity index is 1100. The molecule has 0 bridgehead atoms. The third-order valence-corrected chi connectivity index (χ3v) is 7.01. The largest absolute Gasteiger partial charge is 0.493 e. The molecule has 0 aromatic heterocycles. The Hall–Kier alpha value is -3.13. The van der Waals surface area contributed by atoms with Crippen LogP contribution in [-0.2, 0) is 9.59 Å². The van der Waals surface area contributed by atoms with E-state index < -0.39 is 12.1 Å². The molecule has 8 nitrogen and oxygen atoms in total. The van der Waals surface area contributed by atoms with E-state index in [4.69, 9.17) is 30.5 Å². The number of halogens is 1. The fraction of sp³-hybridized carbons (Fsp3) is 0.517. The number of methoxy groups -OCH3 is 1. The molecule has 0 spiro atoms. The van der Waals surface area contributed by atoms with E-state index >= 15 is 0 Å². The second-order valence-corrected chi connectivity index (χ2v) is 10.3. The minimum Gasteiger partial charge on any atom is -0.493 e. The van der Waals surface area contributed by atoms with Crippen LogP contribution < -0.4 is 24.3 Å². The van der Waals surface area contributed by atoms with Crippen LogP contribution in [0.15, 0.2) is 42.5 Å². The van der Waals surface area contributed by atoms with Gasteiger partial charge in [-0.3, -0.25) is 9.59 Å². The molecule has 2 aromatic carbocycles. The number of fused-ring (bicyclic) bond motifs is 1. The average molecular weight is 545 g/mol. The number of rotatable bonds is 10. The topological polar surface area (TPSA) is 86.3 Å². The monoisotopic (exact) mass is 544 g/mol. The Morgan fingerprint density at radius 2 is 1.82 bits per heavy atom. The standard InChI is InChI=1S/C29H37ClN2O6/c1-19(2)37-25-14-13-20(15-26(25)35-3)28(29(34)31-21-9-5-4-6-10-21)32(27(33)16-30)17-22-18-36-23-11-7-8-12-24(23)38-22/h7-8,11-15,19,21-22,28H,4-6,9-10,16-18H2,1-3H3,(H,31,34)/t22-,28-/m0/s1. The van der Waals surface area contributed by atoms with Crippen molar-refractivity contribution in [3.8, 4) is 23.0 Å². The van der Waals surface area contributed by atoms with Crippen LogP contribution >= 0.6 is 11.6 Å². The minimum atomic E-state index is -0.939. The molecule has 2 aromatic rings. The molecule has 1 N–H and O–H groups in total. The van der Waals surface area contributed by atoms with Gasteiger partial charge in [-0.2, -0.15) is 0 Å². The molecule has 1 aliphatic carbocycles. The number of hydrogen-bond acceptors (Lipinski definition) is 6. The van der Waals surface area contributed by atoms with Gasteiger partial charge in [0.05, 0.1) is 19.8 Å². The SMILES string of the molecule is COc1cc([C@@H](C(=O)NC2CCCCC2)N(C[C@H]2COc3ccccc3O2)C(=O)CCl)ccc1OC(C)C. The number of nitrogens with one attached hydrogen (secondary N) is 1. The van der Waals surface area contributed by atoms with E-state index in [0.717, 1.165) is 25.7 Å². The average Bonchev–Trinajstić information content (AvgIpc) is 2.93. The highest BCUT2D eigenvalue weighted by Crippen LogP contribution is 2.35. The molecular weight excluding hydrogens is 508 g/mol. The van der Waals surface area contributed by atoms with Gasteiger partial charge in [0.15, 0.2) is 29.1 Å². The summed E-state index contributed by atoms with van der Waals surface area (Å²) in [5.74, 6) is 1.39. The van der Waals surface area contributed by atoms with Gasteiger partial charge in [-0.05, 0) is 56.5 Å². The quantitative estimate of drug-likeness (QED) is 0.429. The van der Waals surface area contributed by atoms with Gasteiger partial charge in [-0.25, -0.2) is 0 Å². The molecule has 0 radical (unpaired) electrons. The Kier molecular flexibility index (Phi) is 9.61. The molecule has 2 aliphatic rings. The summed E-state index contributed by atoms with van der Waals surface area (Å²) in [5.41, 5.74) is 0.599. The van der Waals surface area contributed by atoms with E-state index in [-0.39, 0.29) is 43.0 Å². The Morgan fingerprint density at radius 3 is 2.50 bits per heavy atom. The van der Waals surface area contributed by atoms with Gasteiger partial charge in [0.25, 0.3) is 0 Å². The van der Waals surface area contributed by atoms with Crippen LogP contribution in [0.3, 0.4) is 0 Å². The molecule has 1 aliphatic heterocycles. The normalized spacial score (nSPS) is 18.0. The van der Waals surface area contributed by atoms with E-state index in [1.807, 2.05) is 38.1 Å². The van der Waals surface area contributed by atoms with Crippen molar-refractivity contribution in [2.75, 3.05) is 26.1 Å². The van der Waals surface area contributed by atoms with Crippen molar-refractivity contribution in [1.82, 2.24) is 10.2 Å². The fourth-order valence-corrected chi connectivity index (χ4v) is 5.16. The van der Waals surface area contributed by atoms with Crippen LogP contribution in [0, 0.1) is 0 Å². The molecule has 38 heavy (non-hydrogen) atoms. The molecule has 2 amide bonds. The second kappa shape index (κ2) is 13.1. The second-order valence-electron chi connectivity index (χ2n) is 10.0. The molecule has 9 heteroatoms. The van der Waals surface area contributed by atoms with Crippen LogP contribution in [-0.4, -0.2) is 61.1 Å². The summed E-state index contributed by atoms with van der Waals surface area (Å²) >= 11 is 6.07. The van der Waals surface area contributed by atoms with Gasteiger partial charge in [-0.15, -0.1) is 11.6 Å². The van der Waals surface area contributed by atoms with E-state index in [1.54, 1.807) is 25.3 Å². The summed E-state index contributed by atoms with van der Waals surface area (Å²) in [6, 6.07) is 11.8. The van der Waals surface area contributed by atoms with Crippen molar-refractivity contribution >= 4 is 23.4 Å². The Labute approximate surface area is 229 Å². The summed E-state index contributed by atoms with van der Waals surface area (Å²) in [4.78, 5) is 28.6. The van der Waals surface area contributed by atoms with Gasteiger partial charge in [0.1, 0.15) is 18.5 Å². The maximum Gasteiger partial charge on any atom is 0.247 e. The third-order valence-electron chi connectivity index (χ3n) is 6.78. The predicted octanol–water partition coefficient (Wildman–Crippen LogP) is 4.88. The number of carbonyl (C=O) groups excluding carboxylic acids is 2. The molecule has 1 saturated carbocycles. The van der Waals surface area contributed by atoms with Gasteiger partial charge < -0.3 is 29.2 Å². The number of benzene rings is 2. The number of nitrogens with zero attached hydrogens (tertiary/aromatic N) is 1. The van der Waals surface area contributed by atoms with Crippen LogP contribution in [0.1, 0.15) is 57.6 Å². The highest BCUT2D eigenvalue weighted by molar-refractivity contribution is 6.27. The molecule has 2 atom stereocenters. The molecule has 0 unspecified atom stereocenters. The van der Waals surface area contributed by atoms with Crippen molar-refractivity contribution in [2.24, 2.45) is 0 Å². The van der Waals surface area contributed by atoms with Gasteiger partial charge >= 0.3 is 0 Å². The summed E-state index contributed by atoms with van der Waals surface area (Å²) in [5, 5.41) is 3.19. The zero-order valence-corrected chi connectivity index (χ0v) is 23.0. The van der Waals surface area contributed by atoms with Crippen molar-refractivity contribution in [2.45, 2.75) is 70.2 Å². The number of hydrogen-bond donors (Lipinski definition) is 1. The first-order chi connectivity index (χ1) is 18.4. The van der Waals surface area contributed by atoms with E-state index in [1.165, 1.54) is 11.3 Å². The van der Waals surface area contributed by atoms with Gasteiger partial charge in [-0.1, -0.05) is 37.5 Å². The first-order valence-electron chi connectivity index (χ1n) is 13.3. The zero-order chi connectivity index (χ0) is 27.1. The first-order valence-corrected chi connectivity index (χ1v) is 13.8. The fourth-order valence-electron chi connectivity index (χ4n) is 5.01. The maximum atomic E-state index is 13.9. The van der Waals surface area contributed by atoms with Gasteiger partial charge in [0, 0.05) is 6.04 Å². The molecule has 0 saturated heterocycles. The van der Waals surface area contributed by atoms with E-state index in [9.17, 15) is 9.59 Å². The van der Waals surface area contributed by atoms with Gasteiger partial charge in [0.2, 0.25) is 11.8 Å². The number of alkyl halides is 1. The zero-order valence-electron chi connectivity index (χ0n) is 22.3. The summed E-state index contributed by atoms with van der Waals surface area (Å²) in [7, 11) is 1.55. The summed E-state index contributed by atoms with van der Waals surface area (Å²) < 4.78 is 23.5. The minimum absolute atomic E-state index is 0.0548. The smallest absolute Gasteiger partial charge is 0.247 e. The number of carbonyl (C=O) groups is 2. The lowest BCUT2D eigenvalue weighted by Crippen LogP contribution is -2.51. The number of para-hydroxylation sites is 2. The van der Waals surface area contributed by atoms with Crippen LogP contribution in [0.2, 0.25) is 0 Å². The lowest BCUT2D eigenvalue weighted by Gasteiger charge is -2.36. The molecule has 1 fully saturated rings. The lowest BCUT2D eigenvalue weighted by molar-refractivity contribution is -0.141. The van der Waals surface area contributed by atoms with Crippen molar-refractivity contribution in [3.63, 3.8) is 0 Å². The van der Waals surface area contributed by atoms with Crippen molar-refractivity contribution < 1.29 is 28.5 Å². The highest BCUT2D eigenvalue weighted by Gasteiger charge is 2.36. The first kappa shape index (κ1) is 27.9. The maximum absolute atomic E-state index is 13.9. The molecular formula is C29H37ClN2O6. The molecule has 1 heterocycles. The predicted molar refractivity (Wildman–Crippen MR) is 145 cm³/mol. The van der Waals surface area contributed by atoms with Crippen LogP contribution in [0.25, 0.3) is 0 Å². The third kappa shape index (κ3) is 6.84. The van der Waals surface area contributed by atoms with Crippen LogP contribution in [0.4, 0.5) is 0 Å². The van der Waals surface area contributed by atoms with E-state index in [0.29, 0.717) is 28.6 Å². The van der Waals surface area contributed by atoms with Crippen molar-refractivity contribution in [3.05, 3.63) is 48.0 Å². The summed E-state index contributed by atoms with van der Waals surface area (Å²) in [6.07, 6.45) is 4.62. The Balaban J connectivity index is 1.66. The highest BCUT2D eigenvalue weighted by atomic mass is 35.5. The molecule has 206 valence electrons. The Morgan fingerprint density at radius 1 is 1.08 bits per heavy atom. The number of ether oxygens (including phenoxy) is 4. The number of amides is 2. The van der Waals surface area contributed by atoms with E-state index in [2.05, 4.69) is 5.32 Å². The summed E-state index contributed by atoms with van der Waals surface area (Å²) in [6.45, 7) is 4.22.